The molecule has 0 bridgehead atoms. The maximum Gasteiger partial charge on any atom is 0.0965 e. The molecule has 2 rings (SSSR count). The second-order valence-corrected chi connectivity index (χ2v) is 6.48. The molecular weight excluding hydrogens is 242 g/mol. The number of nitrogens with zero attached hydrogens (tertiary/aromatic N) is 2. The molecule has 0 spiro atoms. The number of thiazole rings is 1. The minimum atomic E-state index is 0.547. The van der Waals surface area contributed by atoms with Crippen LogP contribution < -0.4 is 5.32 Å². The number of nitrogens with one attached hydrogen (secondary N) is 1. The average Bonchev–Trinajstić information content (AvgIpc) is 2.89. The van der Waals surface area contributed by atoms with E-state index in [2.05, 4.69) is 48.4 Å². The highest BCUT2D eigenvalue weighted by molar-refractivity contribution is 7.09. The van der Waals surface area contributed by atoms with Gasteiger partial charge in [0.2, 0.25) is 0 Å². The molecule has 4 atom stereocenters. The van der Waals surface area contributed by atoms with E-state index >= 15 is 0 Å². The van der Waals surface area contributed by atoms with Gasteiger partial charge in [-0.15, -0.1) is 11.3 Å². The van der Waals surface area contributed by atoms with Gasteiger partial charge in [0.15, 0.2) is 0 Å². The van der Waals surface area contributed by atoms with E-state index in [1.165, 1.54) is 18.0 Å². The minimum Gasteiger partial charge on any atom is -0.317 e. The smallest absolute Gasteiger partial charge is 0.0965 e. The first kappa shape index (κ1) is 14.0. The Labute approximate surface area is 115 Å². The Morgan fingerprint density at radius 2 is 2.33 bits per heavy atom. The van der Waals surface area contributed by atoms with Crippen molar-refractivity contribution in [2.75, 3.05) is 20.1 Å². The Morgan fingerprint density at radius 3 is 2.94 bits per heavy atom. The van der Waals surface area contributed by atoms with Crippen molar-refractivity contribution in [3.05, 3.63) is 16.6 Å². The lowest BCUT2D eigenvalue weighted by atomic mass is 9.86. The van der Waals surface area contributed by atoms with Gasteiger partial charge in [0.25, 0.3) is 0 Å². The van der Waals surface area contributed by atoms with Gasteiger partial charge in [0, 0.05) is 36.1 Å². The molecule has 1 aliphatic heterocycles. The molecule has 18 heavy (non-hydrogen) atoms. The van der Waals surface area contributed by atoms with Crippen LogP contribution in [0.5, 0.6) is 0 Å². The zero-order valence-corrected chi connectivity index (χ0v) is 12.7. The fourth-order valence-corrected chi connectivity index (χ4v) is 3.70. The second-order valence-electron chi connectivity index (χ2n) is 5.55. The Kier molecular flexibility index (Phi) is 4.76. The monoisotopic (exact) mass is 267 g/mol. The van der Waals surface area contributed by atoms with Crippen LogP contribution in [0, 0.1) is 5.92 Å². The van der Waals surface area contributed by atoms with Crippen molar-refractivity contribution >= 4 is 11.3 Å². The van der Waals surface area contributed by atoms with Gasteiger partial charge in [0.1, 0.15) is 0 Å². The number of hydrogen-bond donors (Lipinski definition) is 1. The van der Waals surface area contributed by atoms with Gasteiger partial charge in [-0.05, 0) is 32.9 Å². The highest BCUT2D eigenvalue weighted by Crippen LogP contribution is 2.27. The van der Waals surface area contributed by atoms with Gasteiger partial charge in [-0.3, -0.25) is 4.90 Å². The summed E-state index contributed by atoms with van der Waals surface area (Å²) in [5, 5.41) is 6.79. The summed E-state index contributed by atoms with van der Waals surface area (Å²) in [4.78, 5) is 7.07. The van der Waals surface area contributed by atoms with E-state index in [0.29, 0.717) is 23.9 Å². The summed E-state index contributed by atoms with van der Waals surface area (Å²) >= 11 is 1.78. The molecular formula is C14H25N3S. The summed E-state index contributed by atoms with van der Waals surface area (Å²) < 4.78 is 0. The molecule has 0 aromatic carbocycles. The molecule has 1 N–H and O–H groups in total. The molecule has 1 aromatic heterocycles. The Hall–Kier alpha value is -0.450. The van der Waals surface area contributed by atoms with Gasteiger partial charge in [0.05, 0.1) is 5.01 Å². The van der Waals surface area contributed by atoms with Crippen LogP contribution in [0.4, 0.5) is 0 Å². The SMILES string of the molecule is CNC1CCN(CC(C)c2nccs2)C(C)C1C. The molecule has 1 aliphatic rings. The zero-order valence-electron chi connectivity index (χ0n) is 11.9. The first-order valence-corrected chi connectivity index (χ1v) is 7.82. The summed E-state index contributed by atoms with van der Waals surface area (Å²) in [6, 6.07) is 1.32. The van der Waals surface area contributed by atoms with Crippen molar-refractivity contribution < 1.29 is 0 Å². The van der Waals surface area contributed by atoms with E-state index < -0.39 is 0 Å². The Bertz CT molecular complexity index is 352. The predicted molar refractivity (Wildman–Crippen MR) is 78.2 cm³/mol. The standard InChI is InChI=1S/C14H25N3S/c1-10(14-16-6-8-18-14)9-17-7-5-13(15-4)11(2)12(17)3/h6,8,10-13,15H,5,7,9H2,1-4H3. The van der Waals surface area contributed by atoms with E-state index in [9.17, 15) is 0 Å². The van der Waals surface area contributed by atoms with Crippen LogP contribution in [0.15, 0.2) is 11.6 Å². The summed E-state index contributed by atoms with van der Waals surface area (Å²) in [5.74, 6) is 1.26. The third-order valence-electron chi connectivity index (χ3n) is 4.45. The average molecular weight is 267 g/mol. The summed E-state index contributed by atoms with van der Waals surface area (Å²) in [6.07, 6.45) is 3.17. The van der Waals surface area contributed by atoms with Crippen LogP contribution in [0.25, 0.3) is 0 Å². The molecule has 4 heteroatoms. The third-order valence-corrected chi connectivity index (χ3v) is 5.46. The first-order valence-electron chi connectivity index (χ1n) is 6.94. The number of rotatable bonds is 4. The van der Waals surface area contributed by atoms with Gasteiger partial charge >= 0.3 is 0 Å². The molecule has 0 aliphatic carbocycles. The number of hydrogen-bond acceptors (Lipinski definition) is 4. The molecule has 0 amide bonds. The summed E-state index contributed by atoms with van der Waals surface area (Å²) in [7, 11) is 2.09. The van der Waals surface area contributed by atoms with E-state index in [1.54, 1.807) is 11.3 Å². The molecule has 1 saturated heterocycles. The minimum absolute atomic E-state index is 0.547. The van der Waals surface area contributed by atoms with Gasteiger partial charge in [-0.25, -0.2) is 4.98 Å². The number of aromatic nitrogens is 1. The first-order chi connectivity index (χ1) is 8.63. The third kappa shape index (κ3) is 2.92. The molecule has 0 saturated carbocycles. The molecule has 3 nitrogen and oxygen atoms in total. The van der Waals surface area contributed by atoms with Crippen LogP contribution in [-0.4, -0.2) is 42.1 Å². The van der Waals surface area contributed by atoms with Crippen molar-refractivity contribution in [1.82, 2.24) is 15.2 Å². The predicted octanol–water partition coefficient (Wildman–Crippen LogP) is 2.56. The van der Waals surface area contributed by atoms with E-state index in [-0.39, 0.29) is 0 Å². The second kappa shape index (κ2) is 6.13. The van der Waals surface area contributed by atoms with Crippen LogP contribution >= 0.6 is 11.3 Å². The van der Waals surface area contributed by atoms with E-state index in [4.69, 9.17) is 0 Å². The maximum atomic E-state index is 4.44. The molecule has 0 radical (unpaired) electrons. The summed E-state index contributed by atoms with van der Waals surface area (Å²) in [5.41, 5.74) is 0. The molecule has 2 heterocycles. The lowest BCUT2D eigenvalue weighted by Gasteiger charge is -2.43. The number of likely N-dealkylation sites (tertiary alicyclic amines) is 1. The fraction of sp³-hybridized carbons (Fsp3) is 0.786. The lowest BCUT2D eigenvalue weighted by molar-refractivity contribution is 0.0831. The normalized spacial score (nSPS) is 31.4. The fourth-order valence-electron chi connectivity index (χ4n) is 3.01. The Morgan fingerprint density at radius 1 is 1.56 bits per heavy atom. The quantitative estimate of drug-likeness (QED) is 0.909. The molecule has 1 aromatic rings. The van der Waals surface area contributed by atoms with Crippen molar-refractivity contribution in [3.8, 4) is 0 Å². The highest BCUT2D eigenvalue weighted by Gasteiger charge is 2.32. The van der Waals surface area contributed by atoms with Crippen molar-refractivity contribution in [2.45, 2.75) is 45.2 Å². The Balaban J connectivity index is 1.94. The van der Waals surface area contributed by atoms with Crippen LogP contribution in [0.1, 0.15) is 38.1 Å². The van der Waals surface area contributed by atoms with Gasteiger partial charge < -0.3 is 5.32 Å². The summed E-state index contributed by atoms with van der Waals surface area (Å²) in [6.45, 7) is 9.36. The molecule has 4 unspecified atom stereocenters. The molecule has 1 fully saturated rings. The van der Waals surface area contributed by atoms with Gasteiger partial charge in [-0.2, -0.15) is 0 Å². The number of piperidine rings is 1. The van der Waals surface area contributed by atoms with E-state index in [0.717, 1.165) is 6.54 Å². The van der Waals surface area contributed by atoms with Gasteiger partial charge in [-0.1, -0.05) is 13.8 Å². The highest BCUT2D eigenvalue weighted by atomic mass is 32.1. The maximum absolute atomic E-state index is 4.44. The topological polar surface area (TPSA) is 28.2 Å². The zero-order chi connectivity index (χ0) is 13.1. The van der Waals surface area contributed by atoms with E-state index in [1.807, 2.05) is 6.20 Å². The van der Waals surface area contributed by atoms with Crippen molar-refractivity contribution in [3.63, 3.8) is 0 Å². The molecule has 102 valence electrons. The van der Waals surface area contributed by atoms with Crippen molar-refractivity contribution in [1.29, 1.82) is 0 Å². The van der Waals surface area contributed by atoms with Crippen LogP contribution in [0.3, 0.4) is 0 Å². The lowest BCUT2D eigenvalue weighted by Crippen LogP contribution is -2.53. The van der Waals surface area contributed by atoms with Crippen molar-refractivity contribution in [2.24, 2.45) is 5.92 Å². The van der Waals surface area contributed by atoms with Crippen LogP contribution in [0.2, 0.25) is 0 Å². The van der Waals surface area contributed by atoms with Crippen LogP contribution in [-0.2, 0) is 0 Å². The largest absolute Gasteiger partial charge is 0.317 e.